The van der Waals surface area contributed by atoms with Crippen molar-refractivity contribution in [3.63, 3.8) is 0 Å². The summed E-state index contributed by atoms with van der Waals surface area (Å²) in [6, 6.07) is 5.31. The van der Waals surface area contributed by atoms with Gasteiger partial charge in [0.1, 0.15) is 11.5 Å². The summed E-state index contributed by atoms with van der Waals surface area (Å²) >= 11 is -0.158. The number of likely N-dealkylation sites (tertiary alicyclic amines) is 1. The van der Waals surface area contributed by atoms with E-state index < -0.39 is 5.51 Å². The van der Waals surface area contributed by atoms with Crippen LogP contribution in [-0.4, -0.2) is 72.5 Å². The highest BCUT2D eigenvalue weighted by atomic mass is 32.2. The summed E-state index contributed by atoms with van der Waals surface area (Å²) in [6.45, 7) is 6.18. The lowest BCUT2D eigenvalue weighted by atomic mass is 10.0. The third-order valence-electron chi connectivity index (χ3n) is 6.54. The molecule has 32 heavy (non-hydrogen) atoms. The molecular formula is C22H28F3N5OS. The first-order chi connectivity index (χ1) is 15.3. The molecule has 174 valence electrons. The second kappa shape index (κ2) is 9.14. The summed E-state index contributed by atoms with van der Waals surface area (Å²) in [5, 5.41) is 11.0. The molecule has 3 heterocycles. The van der Waals surface area contributed by atoms with Crippen molar-refractivity contribution in [2.75, 3.05) is 52.3 Å². The van der Waals surface area contributed by atoms with Gasteiger partial charge in [-0.3, -0.25) is 0 Å². The zero-order valence-electron chi connectivity index (χ0n) is 18.4. The lowest BCUT2D eigenvalue weighted by Crippen LogP contribution is -2.42. The molecule has 0 amide bonds. The van der Waals surface area contributed by atoms with Gasteiger partial charge in [-0.1, -0.05) is 18.9 Å². The monoisotopic (exact) mass is 467 g/mol. The number of piperidine rings is 1. The zero-order valence-corrected chi connectivity index (χ0v) is 19.2. The number of ether oxygens (including phenoxy) is 1. The average molecular weight is 468 g/mol. The van der Waals surface area contributed by atoms with Crippen molar-refractivity contribution in [1.82, 2.24) is 19.8 Å². The molecule has 3 unspecified atom stereocenters. The summed E-state index contributed by atoms with van der Waals surface area (Å²) in [6.07, 6.45) is 0.971. The summed E-state index contributed by atoms with van der Waals surface area (Å²) in [4.78, 5) is 2.46. The van der Waals surface area contributed by atoms with E-state index in [2.05, 4.69) is 39.4 Å². The standard InChI is InChI=1S/C22H28F3N5OS/c1-15-16-14-29(12-13-31-3)11-9-21(15,16)27-19-8-4-7-18-20(32-22(23,24)25)17(28-30(18)19)6-5-10-26-2/h4,7-8,15-16,26-27H,9-14H2,1-3H3. The minimum Gasteiger partial charge on any atom is -0.383 e. The first kappa shape index (κ1) is 23.2. The van der Waals surface area contributed by atoms with Gasteiger partial charge in [-0.15, -0.1) is 0 Å². The molecule has 6 nitrogen and oxygen atoms in total. The van der Waals surface area contributed by atoms with Gasteiger partial charge in [0.05, 0.1) is 23.6 Å². The molecule has 1 aliphatic heterocycles. The minimum absolute atomic E-state index is 0.0389. The summed E-state index contributed by atoms with van der Waals surface area (Å²) in [7, 11) is 3.45. The van der Waals surface area contributed by atoms with Crippen LogP contribution in [0.1, 0.15) is 19.0 Å². The Labute approximate surface area is 190 Å². The number of rotatable bonds is 7. The van der Waals surface area contributed by atoms with Gasteiger partial charge in [-0.2, -0.15) is 18.3 Å². The van der Waals surface area contributed by atoms with E-state index >= 15 is 0 Å². The highest BCUT2D eigenvalue weighted by molar-refractivity contribution is 8.00. The Morgan fingerprint density at radius 1 is 1.38 bits per heavy atom. The first-order valence-electron chi connectivity index (χ1n) is 10.7. The zero-order chi connectivity index (χ0) is 22.9. The third kappa shape index (κ3) is 4.57. The molecule has 0 spiro atoms. The molecule has 10 heteroatoms. The Balaban J connectivity index is 1.63. The number of nitrogens with one attached hydrogen (secondary N) is 2. The number of nitrogens with zero attached hydrogens (tertiary/aromatic N) is 3. The van der Waals surface area contributed by atoms with Gasteiger partial charge >= 0.3 is 5.51 Å². The van der Waals surface area contributed by atoms with Crippen molar-refractivity contribution in [2.24, 2.45) is 11.8 Å². The lowest BCUT2D eigenvalue weighted by molar-refractivity contribution is -0.0327. The third-order valence-corrected chi connectivity index (χ3v) is 7.38. The molecule has 2 N–H and O–H groups in total. The molecular weight excluding hydrogens is 439 g/mol. The van der Waals surface area contributed by atoms with Gasteiger partial charge < -0.3 is 20.3 Å². The number of fused-ring (bicyclic) bond motifs is 2. The van der Waals surface area contributed by atoms with E-state index in [1.807, 2.05) is 6.07 Å². The topological polar surface area (TPSA) is 53.8 Å². The molecule has 0 radical (unpaired) electrons. The Morgan fingerprint density at radius 3 is 2.88 bits per heavy atom. The largest absolute Gasteiger partial charge is 0.446 e. The maximum atomic E-state index is 13.3. The van der Waals surface area contributed by atoms with Crippen LogP contribution in [0.5, 0.6) is 0 Å². The summed E-state index contributed by atoms with van der Waals surface area (Å²) in [5.41, 5.74) is -3.93. The Morgan fingerprint density at radius 2 is 2.19 bits per heavy atom. The van der Waals surface area contributed by atoms with Crippen molar-refractivity contribution in [1.29, 1.82) is 0 Å². The van der Waals surface area contributed by atoms with Crippen LogP contribution < -0.4 is 10.6 Å². The van der Waals surface area contributed by atoms with Crippen LogP contribution in [0.3, 0.4) is 0 Å². The van der Waals surface area contributed by atoms with Gasteiger partial charge in [-0.25, -0.2) is 4.52 Å². The lowest BCUT2D eigenvalue weighted by Gasteiger charge is -2.32. The van der Waals surface area contributed by atoms with E-state index in [0.29, 0.717) is 36.3 Å². The smallest absolute Gasteiger partial charge is 0.383 e. The number of hydrogen-bond acceptors (Lipinski definition) is 6. The molecule has 0 bridgehead atoms. The molecule has 2 aromatic rings. The molecule has 1 saturated carbocycles. The fourth-order valence-electron chi connectivity index (χ4n) is 4.76. The second-order valence-corrected chi connectivity index (χ2v) is 9.44. The van der Waals surface area contributed by atoms with Crippen molar-refractivity contribution in [3.8, 4) is 11.8 Å². The first-order valence-corrected chi connectivity index (χ1v) is 11.5. The Bertz CT molecular complexity index is 1030. The van der Waals surface area contributed by atoms with E-state index in [1.54, 1.807) is 30.8 Å². The normalized spacial score (nSPS) is 25.3. The van der Waals surface area contributed by atoms with Crippen LogP contribution in [0.25, 0.3) is 5.52 Å². The van der Waals surface area contributed by atoms with E-state index in [4.69, 9.17) is 4.74 Å². The summed E-state index contributed by atoms with van der Waals surface area (Å²) < 4.78 is 46.6. The molecule has 2 fully saturated rings. The number of pyridine rings is 1. The van der Waals surface area contributed by atoms with Crippen LogP contribution in [0, 0.1) is 23.7 Å². The minimum atomic E-state index is -4.42. The molecule has 1 aliphatic carbocycles. The van der Waals surface area contributed by atoms with Gasteiger partial charge in [0.2, 0.25) is 0 Å². The average Bonchev–Trinajstić information content (AvgIpc) is 3.15. The van der Waals surface area contributed by atoms with Gasteiger partial charge in [0, 0.05) is 32.3 Å². The molecule has 2 aliphatic rings. The van der Waals surface area contributed by atoms with Gasteiger partial charge in [0.25, 0.3) is 0 Å². The maximum absolute atomic E-state index is 13.3. The fraction of sp³-hybridized carbons (Fsp3) is 0.591. The molecule has 2 aromatic heterocycles. The number of alkyl halides is 3. The molecule has 1 saturated heterocycles. The molecule has 3 atom stereocenters. The number of halogens is 3. The van der Waals surface area contributed by atoms with Gasteiger partial charge in [0.15, 0.2) is 0 Å². The highest BCUT2D eigenvalue weighted by Crippen LogP contribution is 2.57. The second-order valence-electron chi connectivity index (χ2n) is 8.37. The molecule has 4 rings (SSSR count). The number of methoxy groups -OCH3 is 1. The Hall–Kier alpha value is -1.93. The van der Waals surface area contributed by atoms with Crippen LogP contribution in [0.15, 0.2) is 23.1 Å². The molecule has 0 aromatic carbocycles. The van der Waals surface area contributed by atoms with Crippen LogP contribution in [0.2, 0.25) is 0 Å². The van der Waals surface area contributed by atoms with E-state index in [9.17, 15) is 13.2 Å². The van der Waals surface area contributed by atoms with Crippen LogP contribution in [-0.2, 0) is 4.74 Å². The maximum Gasteiger partial charge on any atom is 0.446 e. The number of aromatic nitrogens is 2. The quantitative estimate of drug-likeness (QED) is 0.482. The fourth-order valence-corrected chi connectivity index (χ4v) is 5.44. The van der Waals surface area contributed by atoms with Crippen molar-refractivity contribution < 1.29 is 17.9 Å². The van der Waals surface area contributed by atoms with E-state index in [1.165, 1.54) is 0 Å². The van der Waals surface area contributed by atoms with Crippen LogP contribution >= 0.6 is 11.8 Å². The number of hydrogen-bond donors (Lipinski definition) is 2. The SMILES string of the molecule is CNCC#Cc1nn2c(NC34CCN(CCOC)CC3C4C)cccc2c1SC(F)(F)F. The number of thioether (sulfide) groups is 1. The van der Waals surface area contributed by atoms with E-state index in [0.717, 1.165) is 26.1 Å². The summed E-state index contributed by atoms with van der Waals surface area (Å²) in [5.74, 6) is 7.29. The van der Waals surface area contributed by atoms with E-state index in [-0.39, 0.29) is 27.9 Å². The van der Waals surface area contributed by atoms with Crippen LogP contribution in [0.4, 0.5) is 19.0 Å². The predicted molar refractivity (Wildman–Crippen MR) is 120 cm³/mol. The van der Waals surface area contributed by atoms with Gasteiger partial charge in [-0.05, 0) is 55.1 Å². The van der Waals surface area contributed by atoms with Crippen molar-refractivity contribution >= 4 is 23.1 Å². The number of anilines is 1. The van der Waals surface area contributed by atoms with Crippen molar-refractivity contribution in [2.45, 2.75) is 29.3 Å². The highest BCUT2D eigenvalue weighted by Gasteiger charge is 2.63. The Kier molecular flexibility index (Phi) is 6.63. The predicted octanol–water partition coefficient (Wildman–Crippen LogP) is 3.29. The van der Waals surface area contributed by atoms with Crippen molar-refractivity contribution in [3.05, 3.63) is 23.9 Å².